The third-order valence-electron chi connectivity index (χ3n) is 5.29. The molecule has 4 atom stereocenters. The maximum absolute atomic E-state index is 14.0. The fraction of sp³-hybridized carbons (Fsp3) is 0.400. The normalized spacial score (nSPS) is 26.5. The zero-order valence-electron chi connectivity index (χ0n) is 15.9. The molecule has 3 aliphatic rings. The maximum atomic E-state index is 14.0. The zero-order valence-corrected chi connectivity index (χ0v) is 18.2. The van der Waals surface area contributed by atoms with Crippen LogP contribution in [-0.2, 0) is 27.2 Å². The highest BCUT2D eigenvalue weighted by Crippen LogP contribution is 2.36. The SMILES string of the molecule is O[C@@H]1CO[C@H]2[C@@H]1OC[C@H]2OC1=Nc2cc(Cl)c(OCc3c(F)cc(Br)cc3F)nc2C1. The summed E-state index contributed by atoms with van der Waals surface area (Å²) in [6.07, 6.45) is -1.51. The van der Waals surface area contributed by atoms with E-state index in [0.29, 0.717) is 28.2 Å². The molecular formula is C20H16BrClF2N2O5. The number of nitrogens with zero attached hydrogens (tertiary/aromatic N) is 2. The maximum Gasteiger partial charge on any atom is 0.233 e. The average Bonchev–Trinajstić information content (AvgIpc) is 3.38. The van der Waals surface area contributed by atoms with Crippen LogP contribution in [0, 0.1) is 11.6 Å². The van der Waals surface area contributed by atoms with E-state index in [1.165, 1.54) is 0 Å². The van der Waals surface area contributed by atoms with Gasteiger partial charge < -0.3 is 24.1 Å². The highest BCUT2D eigenvalue weighted by atomic mass is 79.9. The van der Waals surface area contributed by atoms with Crippen molar-refractivity contribution in [3.05, 3.63) is 50.6 Å². The van der Waals surface area contributed by atoms with E-state index in [9.17, 15) is 13.9 Å². The summed E-state index contributed by atoms with van der Waals surface area (Å²) in [5, 5.41) is 10.00. The van der Waals surface area contributed by atoms with E-state index in [0.717, 1.165) is 12.1 Å². The monoisotopic (exact) mass is 516 g/mol. The molecule has 11 heteroatoms. The van der Waals surface area contributed by atoms with Gasteiger partial charge >= 0.3 is 0 Å². The molecule has 3 aliphatic heterocycles. The zero-order chi connectivity index (χ0) is 21.7. The smallest absolute Gasteiger partial charge is 0.233 e. The summed E-state index contributed by atoms with van der Waals surface area (Å²) in [7, 11) is 0. The number of benzene rings is 1. The van der Waals surface area contributed by atoms with E-state index >= 15 is 0 Å². The first-order valence-corrected chi connectivity index (χ1v) is 10.7. The van der Waals surface area contributed by atoms with Crippen molar-refractivity contribution in [2.24, 2.45) is 4.99 Å². The van der Waals surface area contributed by atoms with Crippen molar-refractivity contribution in [1.29, 1.82) is 0 Å². The molecule has 1 N–H and O–H groups in total. The number of hydrogen-bond acceptors (Lipinski definition) is 7. The van der Waals surface area contributed by atoms with Gasteiger partial charge in [-0.15, -0.1) is 0 Å². The van der Waals surface area contributed by atoms with Crippen LogP contribution >= 0.6 is 27.5 Å². The van der Waals surface area contributed by atoms with Crippen molar-refractivity contribution >= 4 is 39.1 Å². The van der Waals surface area contributed by atoms with Crippen LogP contribution in [0.25, 0.3) is 0 Å². The summed E-state index contributed by atoms with van der Waals surface area (Å²) < 4.78 is 50.9. The van der Waals surface area contributed by atoms with E-state index in [2.05, 4.69) is 25.9 Å². The first-order chi connectivity index (χ1) is 14.9. The van der Waals surface area contributed by atoms with E-state index in [4.69, 9.17) is 30.5 Å². The number of hydrogen-bond donors (Lipinski definition) is 1. The van der Waals surface area contributed by atoms with Crippen molar-refractivity contribution in [3.63, 3.8) is 0 Å². The molecule has 2 saturated heterocycles. The average molecular weight is 518 g/mol. The first-order valence-electron chi connectivity index (χ1n) is 9.50. The summed E-state index contributed by atoms with van der Waals surface area (Å²) in [6, 6.07) is 3.87. The molecule has 1 aromatic heterocycles. The summed E-state index contributed by atoms with van der Waals surface area (Å²) in [5.74, 6) is -1.01. The van der Waals surface area contributed by atoms with Gasteiger partial charge in [-0.2, -0.15) is 0 Å². The largest absolute Gasteiger partial charge is 0.472 e. The number of halogens is 4. The third kappa shape index (κ3) is 4.03. The van der Waals surface area contributed by atoms with Gasteiger partial charge in [0.15, 0.2) is 12.0 Å². The van der Waals surface area contributed by atoms with Gasteiger partial charge in [0.25, 0.3) is 0 Å². The minimum Gasteiger partial charge on any atom is -0.472 e. The van der Waals surface area contributed by atoms with E-state index in [-0.39, 0.29) is 48.5 Å². The summed E-state index contributed by atoms with van der Waals surface area (Å²) in [6.45, 7) is 0.122. The van der Waals surface area contributed by atoms with Crippen LogP contribution in [0.4, 0.5) is 14.5 Å². The van der Waals surface area contributed by atoms with Crippen LogP contribution in [0.3, 0.4) is 0 Å². The lowest BCUT2D eigenvalue weighted by molar-refractivity contribution is 0.00558. The van der Waals surface area contributed by atoms with Gasteiger partial charge in [-0.05, 0) is 18.2 Å². The van der Waals surface area contributed by atoms with Crippen molar-refractivity contribution in [2.75, 3.05) is 13.2 Å². The minimum atomic E-state index is -0.737. The number of aliphatic imine (C=N–C) groups is 1. The number of aliphatic hydroxyl groups excluding tert-OH is 1. The molecule has 2 fully saturated rings. The van der Waals surface area contributed by atoms with Crippen LogP contribution in [0.5, 0.6) is 5.88 Å². The lowest BCUT2D eigenvalue weighted by Gasteiger charge is -2.17. The lowest BCUT2D eigenvalue weighted by Crippen LogP contribution is -2.34. The Morgan fingerprint density at radius 1 is 1.16 bits per heavy atom. The molecule has 7 nitrogen and oxygen atoms in total. The molecule has 0 aliphatic carbocycles. The molecule has 0 saturated carbocycles. The van der Waals surface area contributed by atoms with Crippen molar-refractivity contribution in [2.45, 2.75) is 37.4 Å². The Morgan fingerprint density at radius 3 is 2.68 bits per heavy atom. The summed E-state index contributed by atoms with van der Waals surface area (Å²) in [5.41, 5.74) is 0.863. The molecule has 2 aromatic rings. The molecule has 5 rings (SSSR count). The number of aliphatic hydroxyl groups is 1. The van der Waals surface area contributed by atoms with Crippen molar-refractivity contribution < 1.29 is 32.8 Å². The van der Waals surface area contributed by atoms with Gasteiger partial charge in [0.2, 0.25) is 5.88 Å². The molecule has 1 aromatic carbocycles. The van der Waals surface area contributed by atoms with Crippen LogP contribution in [0.15, 0.2) is 27.7 Å². The molecule has 0 radical (unpaired) electrons. The predicted molar refractivity (Wildman–Crippen MR) is 109 cm³/mol. The number of fused-ring (bicyclic) bond motifs is 2. The van der Waals surface area contributed by atoms with Crippen LogP contribution in [0.2, 0.25) is 5.02 Å². The topological polar surface area (TPSA) is 82.4 Å². The van der Waals surface area contributed by atoms with Gasteiger partial charge in [-0.1, -0.05) is 27.5 Å². The highest BCUT2D eigenvalue weighted by Gasteiger charge is 2.48. The first kappa shape index (κ1) is 21.0. The standard InChI is InChI=1S/C20H16BrClF2N2O5/c21-8-1-11(23)9(12(24)2-8)5-30-20-10(22)3-13-14(26-20)4-17(25-13)31-16-7-29-18-15(27)6-28-19(16)18/h1-3,15-16,18-19,27H,4-7H2/t15-,16-,18-,19-/m1/s1. The van der Waals surface area contributed by atoms with Gasteiger partial charge in [-0.25, -0.2) is 18.8 Å². The molecule has 0 bridgehead atoms. The fourth-order valence-electron chi connectivity index (χ4n) is 3.78. The predicted octanol–water partition coefficient (Wildman–Crippen LogP) is 3.48. The number of pyridine rings is 1. The van der Waals surface area contributed by atoms with Gasteiger partial charge in [0, 0.05) is 4.47 Å². The Hall–Kier alpha value is -1.85. The van der Waals surface area contributed by atoms with Crippen LogP contribution < -0.4 is 4.74 Å². The molecule has 31 heavy (non-hydrogen) atoms. The van der Waals surface area contributed by atoms with E-state index < -0.39 is 23.8 Å². The van der Waals surface area contributed by atoms with Crippen molar-refractivity contribution in [3.8, 4) is 5.88 Å². The second kappa shape index (κ2) is 8.25. The van der Waals surface area contributed by atoms with E-state index in [1.807, 2.05) is 0 Å². The molecule has 0 amide bonds. The second-order valence-electron chi connectivity index (χ2n) is 7.38. The Morgan fingerprint density at radius 2 is 1.90 bits per heavy atom. The molecule has 164 valence electrons. The van der Waals surface area contributed by atoms with Crippen LogP contribution in [-0.4, -0.2) is 53.6 Å². The fourth-order valence-corrected chi connectivity index (χ4v) is 4.38. The van der Waals surface area contributed by atoms with Gasteiger partial charge in [-0.3, -0.25) is 0 Å². The number of rotatable bonds is 4. The summed E-state index contributed by atoms with van der Waals surface area (Å²) >= 11 is 9.26. The Balaban J connectivity index is 1.26. The van der Waals surface area contributed by atoms with Crippen molar-refractivity contribution in [1.82, 2.24) is 4.98 Å². The van der Waals surface area contributed by atoms with Gasteiger partial charge in [0.1, 0.15) is 41.6 Å². The van der Waals surface area contributed by atoms with Crippen LogP contribution in [0.1, 0.15) is 11.3 Å². The highest BCUT2D eigenvalue weighted by molar-refractivity contribution is 9.10. The Bertz CT molecular complexity index is 1050. The second-order valence-corrected chi connectivity index (χ2v) is 8.70. The Labute approximate surface area is 189 Å². The third-order valence-corrected chi connectivity index (χ3v) is 6.02. The van der Waals surface area contributed by atoms with Gasteiger partial charge in [0.05, 0.1) is 36.6 Å². The Kier molecular flexibility index (Phi) is 5.59. The summed E-state index contributed by atoms with van der Waals surface area (Å²) in [4.78, 5) is 8.74. The number of aromatic nitrogens is 1. The quantitative estimate of drug-likeness (QED) is 0.669. The number of ether oxygens (including phenoxy) is 4. The molecule has 0 unspecified atom stereocenters. The lowest BCUT2D eigenvalue weighted by atomic mass is 10.1. The molecular weight excluding hydrogens is 502 g/mol. The van der Waals surface area contributed by atoms with E-state index in [1.54, 1.807) is 6.07 Å². The minimum absolute atomic E-state index is 0.0464. The molecule has 0 spiro atoms. The molecule has 4 heterocycles.